The Morgan fingerprint density at radius 2 is 2.27 bits per heavy atom. The zero-order valence-corrected chi connectivity index (χ0v) is 6.84. The highest BCUT2D eigenvalue weighted by Crippen LogP contribution is 2.16. The molecule has 0 aliphatic rings. The fourth-order valence-electron chi connectivity index (χ4n) is 1.11. The number of benzene rings is 1. The van der Waals surface area contributed by atoms with E-state index in [0.29, 0.717) is 0 Å². The Kier molecular flexibility index (Phi) is 1.36. The molecule has 0 radical (unpaired) electrons. The number of nitrogens with zero attached hydrogens (tertiary/aromatic N) is 2. The van der Waals surface area contributed by atoms with E-state index in [1.165, 1.54) is 0 Å². The van der Waals surface area contributed by atoms with Crippen LogP contribution in [0.5, 0.6) is 0 Å². The first kappa shape index (κ1) is 6.68. The Labute approximate surface area is 69.4 Å². The fraction of sp³-hybridized carbons (Fsp3) is 0.125. The van der Waals surface area contributed by atoms with Gasteiger partial charge in [-0.05, 0) is 18.2 Å². The second kappa shape index (κ2) is 2.24. The van der Waals surface area contributed by atoms with Gasteiger partial charge < -0.3 is 4.57 Å². The molecule has 11 heavy (non-hydrogen) atoms. The molecule has 3 heteroatoms. The minimum absolute atomic E-state index is 0.733. The molecule has 0 amide bonds. The number of aromatic nitrogens is 2. The van der Waals surface area contributed by atoms with Gasteiger partial charge in [-0.1, -0.05) is 11.6 Å². The quantitative estimate of drug-likeness (QED) is 0.587. The van der Waals surface area contributed by atoms with Gasteiger partial charge in [0.2, 0.25) is 0 Å². The smallest absolute Gasteiger partial charge is 0.0955 e. The van der Waals surface area contributed by atoms with Crippen molar-refractivity contribution in [3.05, 3.63) is 29.5 Å². The van der Waals surface area contributed by atoms with Crippen molar-refractivity contribution in [2.45, 2.75) is 0 Å². The Bertz CT molecular complexity index is 392. The van der Waals surface area contributed by atoms with Crippen LogP contribution < -0.4 is 0 Å². The summed E-state index contributed by atoms with van der Waals surface area (Å²) in [4.78, 5) is 4.16. The van der Waals surface area contributed by atoms with Gasteiger partial charge in [0, 0.05) is 12.1 Å². The molecule has 0 atom stereocenters. The first-order chi connectivity index (χ1) is 5.27. The highest BCUT2D eigenvalue weighted by Gasteiger charge is 1.97. The summed E-state index contributed by atoms with van der Waals surface area (Å²) in [5, 5.41) is 0.733. The van der Waals surface area contributed by atoms with Crippen molar-refractivity contribution in [2.75, 3.05) is 0 Å². The summed E-state index contributed by atoms with van der Waals surface area (Å²) < 4.78 is 1.96. The van der Waals surface area contributed by atoms with Gasteiger partial charge in [-0.3, -0.25) is 0 Å². The molecule has 0 spiro atoms. The molecule has 0 bridgehead atoms. The molecular weight excluding hydrogens is 160 g/mol. The van der Waals surface area contributed by atoms with Crippen molar-refractivity contribution < 1.29 is 0 Å². The zero-order valence-electron chi connectivity index (χ0n) is 6.08. The number of halogens is 1. The van der Waals surface area contributed by atoms with Gasteiger partial charge in [0.05, 0.1) is 17.4 Å². The van der Waals surface area contributed by atoms with Crippen LogP contribution in [0, 0.1) is 0 Å². The minimum atomic E-state index is 0.733. The van der Waals surface area contributed by atoms with Crippen LogP contribution in [0.25, 0.3) is 11.0 Å². The predicted molar refractivity (Wildman–Crippen MR) is 45.7 cm³/mol. The van der Waals surface area contributed by atoms with Crippen molar-refractivity contribution in [2.24, 2.45) is 7.05 Å². The number of rotatable bonds is 0. The first-order valence-corrected chi connectivity index (χ1v) is 3.72. The summed E-state index contributed by atoms with van der Waals surface area (Å²) in [5.41, 5.74) is 2.05. The molecule has 1 aromatic carbocycles. The molecule has 2 nitrogen and oxygen atoms in total. The molecule has 56 valence electrons. The normalized spacial score (nSPS) is 10.7. The van der Waals surface area contributed by atoms with E-state index >= 15 is 0 Å². The second-order valence-corrected chi connectivity index (χ2v) is 2.92. The third kappa shape index (κ3) is 0.994. The Balaban J connectivity index is 2.86. The van der Waals surface area contributed by atoms with Gasteiger partial charge >= 0.3 is 0 Å². The van der Waals surface area contributed by atoms with E-state index in [2.05, 4.69) is 4.98 Å². The summed E-state index contributed by atoms with van der Waals surface area (Å²) in [6.45, 7) is 0. The molecular formula is C8H7ClN2. The summed E-state index contributed by atoms with van der Waals surface area (Å²) in [7, 11) is 1.96. The van der Waals surface area contributed by atoms with E-state index in [9.17, 15) is 0 Å². The third-order valence-electron chi connectivity index (χ3n) is 1.69. The lowest BCUT2D eigenvalue weighted by Gasteiger charge is -1.92. The van der Waals surface area contributed by atoms with Crippen molar-refractivity contribution in [3.8, 4) is 0 Å². The maximum absolute atomic E-state index is 5.78. The maximum atomic E-state index is 5.78. The predicted octanol–water partition coefficient (Wildman–Crippen LogP) is 2.23. The van der Waals surface area contributed by atoms with Crippen molar-refractivity contribution in [1.29, 1.82) is 0 Å². The molecule has 0 N–H and O–H groups in total. The van der Waals surface area contributed by atoms with E-state index in [-0.39, 0.29) is 0 Å². The monoisotopic (exact) mass is 166 g/mol. The van der Waals surface area contributed by atoms with Crippen LogP contribution in [-0.4, -0.2) is 9.55 Å². The average molecular weight is 167 g/mol. The van der Waals surface area contributed by atoms with Crippen molar-refractivity contribution >= 4 is 22.6 Å². The lowest BCUT2D eigenvalue weighted by atomic mass is 10.3. The van der Waals surface area contributed by atoms with Crippen LogP contribution in [0.2, 0.25) is 5.02 Å². The number of hydrogen-bond acceptors (Lipinski definition) is 1. The van der Waals surface area contributed by atoms with Crippen molar-refractivity contribution in [1.82, 2.24) is 9.55 Å². The lowest BCUT2D eigenvalue weighted by molar-refractivity contribution is 0.948. The molecule has 0 unspecified atom stereocenters. The van der Waals surface area contributed by atoms with E-state index in [1.54, 1.807) is 6.33 Å². The van der Waals surface area contributed by atoms with Crippen LogP contribution in [0.15, 0.2) is 24.5 Å². The topological polar surface area (TPSA) is 17.8 Å². The van der Waals surface area contributed by atoms with Crippen LogP contribution in [0.1, 0.15) is 0 Å². The second-order valence-electron chi connectivity index (χ2n) is 2.49. The van der Waals surface area contributed by atoms with Crippen molar-refractivity contribution in [3.63, 3.8) is 0 Å². The van der Waals surface area contributed by atoms with Gasteiger partial charge in [-0.25, -0.2) is 4.98 Å². The van der Waals surface area contributed by atoms with Gasteiger partial charge in [0.15, 0.2) is 0 Å². The zero-order chi connectivity index (χ0) is 7.84. The summed E-state index contributed by atoms with van der Waals surface area (Å²) >= 11 is 5.78. The third-order valence-corrected chi connectivity index (χ3v) is 1.92. The number of aryl methyl sites for hydroxylation is 1. The molecule has 2 aromatic rings. The molecule has 2 rings (SSSR count). The summed E-state index contributed by atoms with van der Waals surface area (Å²) in [6, 6.07) is 5.69. The Morgan fingerprint density at radius 1 is 1.45 bits per heavy atom. The van der Waals surface area contributed by atoms with E-state index in [4.69, 9.17) is 11.6 Å². The van der Waals surface area contributed by atoms with Crippen LogP contribution in [0.3, 0.4) is 0 Å². The Hall–Kier alpha value is -1.02. The SMILES string of the molecule is Cn1cnc2cc(Cl)ccc21. The van der Waals surface area contributed by atoms with Gasteiger partial charge in [0.25, 0.3) is 0 Å². The molecule has 0 saturated carbocycles. The number of imidazole rings is 1. The minimum Gasteiger partial charge on any atom is -0.334 e. The lowest BCUT2D eigenvalue weighted by Crippen LogP contribution is -1.81. The molecule has 1 aromatic heterocycles. The molecule has 0 fully saturated rings. The van der Waals surface area contributed by atoms with Crippen LogP contribution >= 0.6 is 11.6 Å². The van der Waals surface area contributed by atoms with Crippen LogP contribution in [-0.2, 0) is 7.05 Å². The molecule has 0 aliphatic carbocycles. The van der Waals surface area contributed by atoms with E-state index in [1.807, 2.05) is 29.8 Å². The number of fused-ring (bicyclic) bond motifs is 1. The van der Waals surface area contributed by atoms with E-state index in [0.717, 1.165) is 16.1 Å². The molecule has 0 aliphatic heterocycles. The summed E-state index contributed by atoms with van der Waals surface area (Å²) in [5.74, 6) is 0. The summed E-state index contributed by atoms with van der Waals surface area (Å²) in [6.07, 6.45) is 1.78. The first-order valence-electron chi connectivity index (χ1n) is 3.34. The fourth-order valence-corrected chi connectivity index (χ4v) is 1.28. The molecule has 1 heterocycles. The molecule has 0 saturated heterocycles. The Morgan fingerprint density at radius 3 is 3.09 bits per heavy atom. The average Bonchev–Trinajstić information content (AvgIpc) is 2.32. The van der Waals surface area contributed by atoms with Crippen LogP contribution in [0.4, 0.5) is 0 Å². The van der Waals surface area contributed by atoms with Gasteiger partial charge in [-0.2, -0.15) is 0 Å². The largest absolute Gasteiger partial charge is 0.334 e. The standard InChI is InChI=1S/C8H7ClN2/c1-11-5-10-7-4-6(9)2-3-8(7)11/h2-5H,1H3. The maximum Gasteiger partial charge on any atom is 0.0955 e. The highest BCUT2D eigenvalue weighted by molar-refractivity contribution is 6.31. The number of hydrogen-bond donors (Lipinski definition) is 0. The van der Waals surface area contributed by atoms with E-state index < -0.39 is 0 Å². The van der Waals surface area contributed by atoms with Gasteiger partial charge in [0.1, 0.15) is 0 Å². The highest BCUT2D eigenvalue weighted by atomic mass is 35.5. The van der Waals surface area contributed by atoms with Gasteiger partial charge in [-0.15, -0.1) is 0 Å².